The summed E-state index contributed by atoms with van der Waals surface area (Å²) in [4.78, 5) is 16.5. The summed E-state index contributed by atoms with van der Waals surface area (Å²) >= 11 is 0. The molecule has 0 aliphatic rings. The lowest BCUT2D eigenvalue weighted by atomic mass is 10.1. The molecule has 0 bridgehead atoms. The van der Waals surface area contributed by atoms with Crippen molar-refractivity contribution in [2.45, 2.75) is 6.92 Å². The molecule has 0 fully saturated rings. The first-order chi connectivity index (χ1) is 10.2. The molecule has 0 saturated heterocycles. The summed E-state index contributed by atoms with van der Waals surface area (Å²) in [5.74, 6) is 1.09. The highest BCUT2D eigenvalue weighted by Crippen LogP contribution is 2.21. The van der Waals surface area contributed by atoms with E-state index in [1.165, 1.54) is 0 Å². The van der Waals surface area contributed by atoms with Crippen molar-refractivity contribution in [3.63, 3.8) is 0 Å². The van der Waals surface area contributed by atoms with Gasteiger partial charge in [0, 0.05) is 16.8 Å². The average Bonchev–Trinajstić information content (AvgIpc) is 3.02. The minimum Gasteiger partial charge on any atom is -0.464 e. The number of aromatic nitrogens is 1. The Bertz CT molecular complexity index is 764. The number of carbonyl (C=O) groups is 1. The number of nitrogens with one attached hydrogen (secondary N) is 1. The van der Waals surface area contributed by atoms with Crippen LogP contribution in [0.5, 0.6) is 0 Å². The van der Waals surface area contributed by atoms with Gasteiger partial charge >= 0.3 is 0 Å². The number of benzene rings is 1. The summed E-state index contributed by atoms with van der Waals surface area (Å²) in [5.41, 5.74) is 2.29. The molecule has 0 aliphatic carbocycles. The van der Waals surface area contributed by atoms with Crippen LogP contribution in [-0.2, 0) is 0 Å². The van der Waals surface area contributed by atoms with E-state index >= 15 is 0 Å². The van der Waals surface area contributed by atoms with Crippen LogP contribution in [0.3, 0.4) is 0 Å². The van der Waals surface area contributed by atoms with E-state index in [-0.39, 0.29) is 5.91 Å². The number of amides is 1. The van der Waals surface area contributed by atoms with Crippen LogP contribution in [0.1, 0.15) is 16.1 Å². The second-order valence-corrected chi connectivity index (χ2v) is 4.68. The van der Waals surface area contributed by atoms with Gasteiger partial charge in [-0.15, -0.1) is 0 Å². The van der Waals surface area contributed by atoms with E-state index in [1.54, 1.807) is 24.5 Å². The zero-order valence-corrected chi connectivity index (χ0v) is 11.5. The molecule has 0 unspecified atom stereocenters. The highest BCUT2D eigenvalue weighted by atomic mass is 16.3. The highest BCUT2D eigenvalue weighted by Gasteiger charge is 2.09. The Balaban J connectivity index is 1.83. The molecule has 2 heterocycles. The van der Waals surface area contributed by atoms with Crippen LogP contribution in [0.2, 0.25) is 0 Å². The maximum atomic E-state index is 12.3. The molecule has 21 heavy (non-hydrogen) atoms. The second-order valence-electron chi connectivity index (χ2n) is 4.68. The van der Waals surface area contributed by atoms with E-state index in [0.29, 0.717) is 11.4 Å². The van der Waals surface area contributed by atoms with Crippen molar-refractivity contribution in [1.29, 1.82) is 0 Å². The number of aryl methyl sites for hydroxylation is 1. The number of nitrogens with zero attached hydrogens (tertiary/aromatic N) is 1. The Morgan fingerprint density at radius 2 is 1.95 bits per heavy atom. The van der Waals surface area contributed by atoms with Crippen LogP contribution in [0, 0.1) is 6.92 Å². The third-order valence-electron chi connectivity index (χ3n) is 3.06. The van der Waals surface area contributed by atoms with Crippen LogP contribution < -0.4 is 5.32 Å². The van der Waals surface area contributed by atoms with Crippen molar-refractivity contribution in [2.75, 3.05) is 5.32 Å². The minimum atomic E-state index is -0.193. The van der Waals surface area contributed by atoms with Crippen LogP contribution in [0.25, 0.3) is 11.3 Å². The van der Waals surface area contributed by atoms with Crippen molar-refractivity contribution < 1.29 is 9.21 Å². The molecule has 0 aliphatic heterocycles. The molecule has 3 aromatic rings. The first-order valence-corrected chi connectivity index (χ1v) is 6.61. The van der Waals surface area contributed by atoms with E-state index in [9.17, 15) is 4.79 Å². The summed E-state index contributed by atoms with van der Waals surface area (Å²) in [6.45, 7) is 1.88. The van der Waals surface area contributed by atoms with Crippen LogP contribution in [0.15, 0.2) is 65.3 Å². The molecular formula is C17H14N2O2. The summed E-state index contributed by atoms with van der Waals surface area (Å²) in [6.07, 6.45) is 1.61. The van der Waals surface area contributed by atoms with Gasteiger partial charge in [0.1, 0.15) is 11.6 Å². The molecular weight excluding hydrogens is 264 g/mol. The third kappa shape index (κ3) is 3.00. The number of pyridine rings is 1. The predicted octanol–water partition coefficient (Wildman–Crippen LogP) is 3.90. The van der Waals surface area contributed by atoms with Crippen molar-refractivity contribution in [1.82, 2.24) is 4.98 Å². The van der Waals surface area contributed by atoms with Gasteiger partial charge in [-0.2, -0.15) is 0 Å². The van der Waals surface area contributed by atoms with E-state index < -0.39 is 0 Å². The zero-order valence-electron chi connectivity index (χ0n) is 11.5. The van der Waals surface area contributed by atoms with Crippen LogP contribution in [-0.4, -0.2) is 10.9 Å². The van der Waals surface area contributed by atoms with Crippen molar-refractivity contribution in [3.8, 4) is 11.3 Å². The van der Waals surface area contributed by atoms with Crippen LogP contribution >= 0.6 is 0 Å². The van der Waals surface area contributed by atoms with E-state index in [2.05, 4.69) is 10.3 Å². The van der Waals surface area contributed by atoms with Gasteiger partial charge < -0.3 is 9.73 Å². The van der Waals surface area contributed by atoms with Crippen molar-refractivity contribution >= 4 is 11.7 Å². The molecule has 3 rings (SSSR count). The van der Waals surface area contributed by atoms with Gasteiger partial charge in [-0.25, -0.2) is 4.98 Å². The van der Waals surface area contributed by atoms with Crippen molar-refractivity contribution in [2.24, 2.45) is 0 Å². The first-order valence-electron chi connectivity index (χ1n) is 6.61. The quantitative estimate of drug-likeness (QED) is 0.790. The van der Waals surface area contributed by atoms with Gasteiger partial charge in [-0.3, -0.25) is 4.79 Å². The van der Waals surface area contributed by atoms with Gasteiger partial charge in [0.15, 0.2) is 0 Å². The molecule has 1 aromatic carbocycles. The molecule has 0 spiro atoms. The van der Waals surface area contributed by atoms with Gasteiger partial charge in [0.25, 0.3) is 5.91 Å². The Morgan fingerprint density at radius 1 is 1.10 bits per heavy atom. The van der Waals surface area contributed by atoms with E-state index in [1.807, 2.05) is 43.3 Å². The Kier molecular flexibility index (Phi) is 3.51. The number of furan rings is 1. The monoisotopic (exact) mass is 278 g/mol. The molecule has 1 N–H and O–H groups in total. The lowest BCUT2D eigenvalue weighted by Crippen LogP contribution is -2.13. The number of hydrogen-bond acceptors (Lipinski definition) is 3. The molecule has 0 radical (unpaired) electrons. The summed E-state index contributed by atoms with van der Waals surface area (Å²) in [6, 6.07) is 16.5. The van der Waals surface area contributed by atoms with E-state index in [0.717, 1.165) is 17.0 Å². The number of carbonyl (C=O) groups excluding carboxylic acids is 1. The summed E-state index contributed by atoms with van der Waals surface area (Å²) in [5, 5.41) is 2.79. The topological polar surface area (TPSA) is 55.1 Å². The lowest BCUT2D eigenvalue weighted by Gasteiger charge is -2.06. The number of hydrogen-bond donors (Lipinski definition) is 1. The molecule has 0 atom stereocenters. The van der Waals surface area contributed by atoms with Gasteiger partial charge in [0.05, 0.1) is 6.26 Å². The zero-order chi connectivity index (χ0) is 14.7. The largest absolute Gasteiger partial charge is 0.464 e. The predicted molar refractivity (Wildman–Crippen MR) is 81.1 cm³/mol. The molecule has 4 heteroatoms. The summed E-state index contributed by atoms with van der Waals surface area (Å²) < 4.78 is 5.34. The van der Waals surface area contributed by atoms with Gasteiger partial charge in [-0.05, 0) is 43.3 Å². The standard InChI is InChI=1S/C17H14N2O2/c1-12-5-2-9-16(18-12)19-17(20)14-7-3-6-13(11-14)15-8-4-10-21-15/h2-11H,1H3,(H,18,19,20). The minimum absolute atomic E-state index is 0.193. The number of anilines is 1. The third-order valence-corrected chi connectivity index (χ3v) is 3.06. The summed E-state index contributed by atoms with van der Waals surface area (Å²) in [7, 11) is 0. The number of rotatable bonds is 3. The van der Waals surface area contributed by atoms with Crippen molar-refractivity contribution in [3.05, 3.63) is 72.1 Å². The fourth-order valence-electron chi connectivity index (χ4n) is 2.06. The van der Waals surface area contributed by atoms with Gasteiger partial charge in [-0.1, -0.05) is 18.2 Å². The highest BCUT2D eigenvalue weighted by molar-refractivity contribution is 6.04. The second kappa shape index (κ2) is 5.63. The lowest BCUT2D eigenvalue weighted by molar-refractivity contribution is 0.102. The first kappa shape index (κ1) is 13.1. The molecule has 1 amide bonds. The molecule has 2 aromatic heterocycles. The molecule has 4 nitrogen and oxygen atoms in total. The maximum Gasteiger partial charge on any atom is 0.256 e. The Labute approximate surface area is 122 Å². The Morgan fingerprint density at radius 3 is 2.71 bits per heavy atom. The molecule has 104 valence electrons. The fraction of sp³-hybridized carbons (Fsp3) is 0.0588. The SMILES string of the molecule is Cc1cccc(NC(=O)c2cccc(-c3ccco3)c2)n1. The van der Waals surface area contributed by atoms with E-state index in [4.69, 9.17) is 4.42 Å². The van der Waals surface area contributed by atoms with Crippen LogP contribution in [0.4, 0.5) is 5.82 Å². The fourth-order valence-corrected chi connectivity index (χ4v) is 2.06. The Hall–Kier alpha value is -2.88. The smallest absolute Gasteiger partial charge is 0.256 e. The average molecular weight is 278 g/mol. The molecule has 0 saturated carbocycles. The maximum absolute atomic E-state index is 12.3. The normalized spacial score (nSPS) is 10.3. The van der Waals surface area contributed by atoms with Gasteiger partial charge in [0.2, 0.25) is 0 Å².